The van der Waals surface area contributed by atoms with Crippen molar-refractivity contribution < 1.29 is 4.79 Å². The molecule has 1 amide bonds. The fourth-order valence-electron chi connectivity index (χ4n) is 2.93. The van der Waals surface area contributed by atoms with E-state index in [0.29, 0.717) is 6.04 Å². The molecule has 1 atom stereocenters. The molecule has 2 aliphatic heterocycles. The number of amides is 1. The second-order valence-electron chi connectivity index (χ2n) is 5.27. The van der Waals surface area contributed by atoms with Crippen LogP contribution in [-0.2, 0) is 4.79 Å². The van der Waals surface area contributed by atoms with E-state index in [-0.39, 0.29) is 11.8 Å². The van der Waals surface area contributed by atoms with Crippen LogP contribution < -0.4 is 5.73 Å². The molecule has 0 aromatic heterocycles. The number of rotatable bonds is 2. The Bertz CT molecular complexity index is 249. The molecule has 2 N–H and O–H groups in total. The van der Waals surface area contributed by atoms with E-state index < -0.39 is 0 Å². The summed E-state index contributed by atoms with van der Waals surface area (Å²) in [5.41, 5.74) is 5.41. The van der Waals surface area contributed by atoms with Gasteiger partial charge in [0, 0.05) is 12.6 Å². The molecule has 2 heterocycles. The lowest BCUT2D eigenvalue weighted by atomic mass is 9.93. The lowest BCUT2D eigenvalue weighted by molar-refractivity contribution is -0.123. The number of hydrogen-bond acceptors (Lipinski definition) is 3. The van der Waals surface area contributed by atoms with E-state index in [1.165, 1.54) is 25.9 Å². The summed E-state index contributed by atoms with van der Waals surface area (Å²) in [5, 5.41) is 0. The third kappa shape index (κ3) is 2.74. The minimum Gasteiger partial charge on any atom is -0.369 e. The van der Waals surface area contributed by atoms with Gasteiger partial charge in [-0.05, 0) is 52.4 Å². The van der Waals surface area contributed by atoms with Gasteiger partial charge in [0.1, 0.15) is 0 Å². The molecule has 0 saturated carbocycles. The predicted molar refractivity (Wildman–Crippen MR) is 64.0 cm³/mol. The van der Waals surface area contributed by atoms with Crippen LogP contribution in [0.2, 0.25) is 0 Å². The van der Waals surface area contributed by atoms with Crippen molar-refractivity contribution in [1.29, 1.82) is 0 Å². The van der Waals surface area contributed by atoms with Gasteiger partial charge in [-0.2, -0.15) is 0 Å². The molecule has 0 spiro atoms. The van der Waals surface area contributed by atoms with Gasteiger partial charge in [0.25, 0.3) is 0 Å². The summed E-state index contributed by atoms with van der Waals surface area (Å²) in [6, 6.07) is 0.679. The van der Waals surface area contributed by atoms with Crippen LogP contribution in [-0.4, -0.2) is 55.0 Å². The molecule has 2 fully saturated rings. The maximum atomic E-state index is 11.2. The first-order valence-electron chi connectivity index (χ1n) is 6.38. The molecule has 92 valence electrons. The fourth-order valence-corrected chi connectivity index (χ4v) is 2.93. The Morgan fingerprint density at radius 1 is 1.19 bits per heavy atom. The smallest absolute Gasteiger partial charge is 0.221 e. The van der Waals surface area contributed by atoms with Crippen LogP contribution in [0.1, 0.15) is 25.7 Å². The lowest BCUT2D eigenvalue weighted by Gasteiger charge is -2.41. The van der Waals surface area contributed by atoms with Crippen LogP contribution >= 0.6 is 0 Å². The Balaban J connectivity index is 1.87. The average Bonchev–Trinajstić information content (AvgIpc) is 2.30. The van der Waals surface area contributed by atoms with Gasteiger partial charge in [-0.1, -0.05) is 0 Å². The summed E-state index contributed by atoms with van der Waals surface area (Å²) in [6.07, 6.45) is 4.59. The molecule has 0 radical (unpaired) electrons. The standard InChI is InChI=1S/C12H23N3O/c1-14-7-4-11(5-8-14)15-6-2-3-10(9-15)12(13)16/h10-11H,2-9H2,1H3,(H2,13,16)/t10-/m0/s1. The second kappa shape index (κ2) is 5.15. The second-order valence-corrected chi connectivity index (χ2v) is 5.27. The van der Waals surface area contributed by atoms with Crippen molar-refractivity contribution >= 4 is 5.91 Å². The SMILES string of the molecule is CN1CCC(N2CCC[C@H](C(N)=O)C2)CC1. The highest BCUT2D eigenvalue weighted by Gasteiger charge is 2.29. The van der Waals surface area contributed by atoms with Crippen LogP contribution in [0.15, 0.2) is 0 Å². The molecule has 0 bridgehead atoms. The van der Waals surface area contributed by atoms with E-state index in [2.05, 4.69) is 16.8 Å². The molecule has 0 unspecified atom stereocenters. The number of hydrogen-bond donors (Lipinski definition) is 1. The molecule has 2 aliphatic rings. The summed E-state index contributed by atoms with van der Waals surface area (Å²) in [4.78, 5) is 16.1. The molecule has 2 rings (SSSR count). The summed E-state index contributed by atoms with van der Waals surface area (Å²) in [6.45, 7) is 4.41. The zero-order valence-electron chi connectivity index (χ0n) is 10.2. The number of nitrogens with two attached hydrogens (primary N) is 1. The Labute approximate surface area is 97.8 Å². The molecular formula is C12H23N3O. The van der Waals surface area contributed by atoms with Gasteiger partial charge < -0.3 is 10.6 Å². The monoisotopic (exact) mass is 225 g/mol. The third-order valence-corrected chi connectivity index (χ3v) is 4.06. The quantitative estimate of drug-likeness (QED) is 0.734. The van der Waals surface area contributed by atoms with Crippen molar-refractivity contribution in [2.45, 2.75) is 31.7 Å². The highest BCUT2D eigenvalue weighted by Crippen LogP contribution is 2.23. The number of carbonyl (C=O) groups is 1. The summed E-state index contributed by atoms with van der Waals surface area (Å²) in [7, 11) is 2.18. The highest BCUT2D eigenvalue weighted by atomic mass is 16.1. The van der Waals surface area contributed by atoms with E-state index in [1.807, 2.05) is 0 Å². The molecule has 0 aromatic carbocycles. The van der Waals surface area contributed by atoms with E-state index >= 15 is 0 Å². The minimum absolute atomic E-state index is 0.0911. The minimum atomic E-state index is -0.113. The number of primary amides is 1. The van der Waals surface area contributed by atoms with Crippen LogP contribution in [0.5, 0.6) is 0 Å². The van der Waals surface area contributed by atoms with Crippen LogP contribution in [0.3, 0.4) is 0 Å². The molecule has 4 heteroatoms. The maximum absolute atomic E-state index is 11.2. The molecule has 4 nitrogen and oxygen atoms in total. The number of carbonyl (C=O) groups excluding carboxylic acids is 1. The van der Waals surface area contributed by atoms with Gasteiger partial charge in [0.2, 0.25) is 5.91 Å². The van der Waals surface area contributed by atoms with Crippen LogP contribution in [0, 0.1) is 5.92 Å². The normalized spacial score (nSPS) is 30.4. The Hall–Kier alpha value is -0.610. The summed E-state index contributed by atoms with van der Waals surface area (Å²) in [5.74, 6) is -0.0222. The number of likely N-dealkylation sites (tertiary alicyclic amines) is 2. The van der Waals surface area contributed by atoms with Crippen molar-refractivity contribution in [3.63, 3.8) is 0 Å². The van der Waals surface area contributed by atoms with Gasteiger partial charge in [-0.25, -0.2) is 0 Å². The number of piperidine rings is 2. The third-order valence-electron chi connectivity index (χ3n) is 4.06. The van der Waals surface area contributed by atoms with E-state index in [4.69, 9.17) is 5.73 Å². The van der Waals surface area contributed by atoms with Gasteiger partial charge >= 0.3 is 0 Å². The predicted octanol–water partition coefficient (Wildman–Crippen LogP) is 0.278. The first-order valence-corrected chi connectivity index (χ1v) is 6.38. The van der Waals surface area contributed by atoms with Gasteiger partial charge in [-0.3, -0.25) is 9.69 Å². The Morgan fingerprint density at radius 2 is 1.88 bits per heavy atom. The molecular weight excluding hydrogens is 202 g/mol. The Kier molecular flexibility index (Phi) is 3.82. The van der Waals surface area contributed by atoms with Gasteiger partial charge in [0.05, 0.1) is 5.92 Å². The van der Waals surface area contributed by atoms with Gasteiger partial charge in [-0.15, -0.1) is 0 Å². The fraction of sp³-hybridized carbons (Fsp3) is 0.917. The van der Waals surface area contributed by atoms with Crippen molar-refractivity contribution in [2.75, 3.05) is 33.2 Å². The largest absolute Gasteiger partial charge is 0.369 e. The lowest BCUT2D eigenvalue weighted by Crippen LogP contribution is -2.49. The molecule has 0 aromatic rings. The van der Waals surface area contributed by atoms with Crippen molar-refractivity contribution in [3.05, 3.63) is 0 Å². The number of nitrogens with zero attached hydrogens (tertiary/aromatic N) is 2. The first kappa shape index (κ1) is 11.9. The van der Waals surface area contributed by atoms with Crippen molar-refractivity contribution in [3.8, 4) is 0 Å². The zero-order chi connectivity index (χ0) is 11.5. The first-order chi connectivity index (χ1) is 7.66. The van der Waals surface area contributed by atoms with Gasteiger partial charge in [0.15, 0.2) is 0 Å². The van der Waals surface area contributed by atoms with Crippen LogP contribution in [0.4, 0.5) is 0 Å². The van der Waals surface area contributed by atoms with E-state index in [0.717, 1.165) is 25.9 Å². The summed E-state index contributed by atoms with van der Waals surface area (Å²) >= 11 is 0. The van der Waals surface area contributed by atoms with E-state index in [9.17, 15) is 4.79 Å². The zero-order valence-corrected chi connectivity index (χ0v) is 10.2. The molecule has 2 saturated heterocycles. The Morgan fingerprint density at radius 3 is 2.50 bits per heavy atom. The van der Waals surface area contributed by atoms with E-state index in [1.54, 1.807) is 0 Å². The van der Waals surface area contributed by atoms with Crippen molar-refractivity contribution in [2.24, 2.45) is 11.7 Å². The summed E-state index contributed by atoms with van der Waals surface area (Å²) < 4.78 is 0. The maximum Gasteiger partial charge on any atom is 0.221 e. The van der Waals surface area contributed by atoms with Crippen LogP contribution in [0.25, 0.3) is 0 Å². The average molecular weight is 225 g/mol. The topological polar surface area (TPSA) is 49.6 Å². The van der Waals surface area contributed by atoms with Crippen molar-refractivity contribution in [1.82, 2.24) is 9.80 Å². The molecule has 0 aliphatic carbocycles. The highest BCUT2D eigenvalue weighted by molar-refractivity contribution is 5.76. The molecule has 16 heavy (non-hydrogen) atoms.